The lowest BCUT2D eigenvalue weighted by atomic mass is 9.59. The molecule has 2 heterocycles. The Balaban J connectivity index is 1.64. The minimum absolute atomic E-state index is 0.275. The zero-order valence-electron chi connectivity index (χ0n) is 21.2. The van der Waals surface area contributed by atoms with E-state index in [0.29, 0.717) is 12.8 Å². The highest BCUT2D eigenvalue weighted by Crippen LogP contribution is 2.49. The highest BCUT2D eigenvalue weighted by Gasteiger charge is 2.53. The molecule has 0 unspecified atom stereocenters. The Hall–Kier alpha value is -0.740. The molecular weight excluding hydrogens is 480 g/mol. The Bertz CT molecular complexity index is 761. The summed E-state index contributed by atoms with van der Waals surface area (Å²) in [6, 6.07) is 0. The predicted octanol–water partition coefficient (Wildman–Crippen LogP) is -2.24. The maximum absolute atomic E-state index is 11.4. The second-order valence-corrected chi connectivity index (χ2v) is 11.1. The van der Waals surface area contributed by atoms with Gasteiger partial charge in [0, 0.05) is 0 Å². The maximum Gasteiger partial charge on any atom is 0.186 e. The van der Waals surface area contributed by atoms with Crippen molar-refractivity contribution in [2.24, 2.45) is 11.3 Å². The maximum atomic E-state index is 11.4. The molecule has 210 valence electrons. The van der Waals surface area contributed by atoms with Gasteiger partial charge in [-0.3, -0.25) is 0 Å². The average molecular weight is 523 g/mol. The largest absolute Gasteiger partial charge is 0.393 e. The van der Waals surface area contributed by atoms with Crippen molar-refractivity contribution in [3.05, 3.63) is 12.2 Å². The molecule has 12 nitrogen and oxygen atoms in total. The monoisotopic (exact) mass is 522 g/mol. The SMILES string of the molecule is C[C@@H]1C[C@H](O[C@@H]2O[C@H](CO[C@@H]3OC[C@](O)(CO)[C@H]3O)[C@@H](O)[C@H](O)[C@H]2O)CC(C)(C)[C@@]1(O)C=C[C@@H](C)O. The molecule has 2 aliphatic heterocycles. The molecule has 3 fully saturated rings. The van der Waals surface area contributed by atoms with Crippen molar-refractivity contribution in [3.63, 3.8) is 0 Å². The molecule has 1 aliphatic carbocycles. The van der Waals surface area contributed by atoms with E-state index >= 15 is 0 Å². The zero-order valence-corrected chi connectivity index (χ0v) is 21.2. The van der Waals surface area contributed by atoms with Crippen LogP contribution in [0.5, 0.6) is 0 Å². The third-order valence-electron chi connectivity index (χ3n) is 7.82. The van der Waals surface area contributed by atoms with Gasteiger partial charge < -0.3 is 59.8 Å². The summed E-state index contributed by atoms with van der Waals surface area (Å²) in [4.78, 5) is 0. The minimum Gasteiger partial charge on any atom is -0.393 e. The van der Waals surface area contributed by atoms with Crippen LogP contribution in [0.3, 0.4) is 0 Å². The van der Waals surface area contributed by atoms with Crippen LogP contribution in [0.4, 0.5) is 0 Å². The summed E-state index contributed by atoms with van der Waals surface area (Å²) in [5, 5.41) is 81.8. The average Bonchev–Trinajstić information content (AvgIpc) is 3.09. The molecule has 0 aromatic heterocycles. The zero-order chi connectivity index (χ0) is 27.1. The Morgan fingerprint density at radius 3 is 2.28 bits per heavy atom. The molecule has 12 atom stereocenters. The van der Waals surface area contributed by atoms with Gasteiger partial charge in [0.25, 0.3) is 0 Å². The fraction of sp³-hybridized carbons (Fsp3) is 0.917. The van der Waals surface area contributed by atoms with E-state index in [-0.39, 0.29) is 19.1 Å². The number of aliphatic hydroxyl groups excluding tert-OH is 6. The van der Waals surface area contributed by atoms with Gasteiger partial charge in [-0.2, -0.15) is 0 Å². The molecule has 0 amide bonds. The summed E-state index contributed by atoms with van der Waals surface area (Å²) in [6.45, 7) is 5.74. The van der Waals surface area contributed by atoms with Gasteiger partial charge in [-0.05, 0) is 31.1 Å². The van der Waals surface area contributed by atoms with Crippen LogP contribution in [0.1, 0.15) is 40.5 Å². The normalized spacial score (nSPS) is 48.4. The Morgan fingerprint density at radius 2 is 1.72 bits per heavy atom. The molecule has 12 heteroatoms. The first-order valence-corrected chi connectivity index (χ1v) is 12.3. The van der Waals surface area contributed by atoms with Crippen molar-refractivity contribution < 1.29 is 59.8 Å². The lowest BCUT2D eigenvalue weighted by Crippen LogP contribution is -2.61. The molecule has 0 bridgehead atoms. The van der Waals surface area contributed by atoms with E-state index in [0.717, 1.165) is 0 Å². The smallest absolute Gasteiger partial charge is 0.186 e. The molecule has 1 saturated carbocycles. The van der Waals surface area contributed by atoms with E-state index in [4.69, 9.17) is 18.9 Å². The van der Waals surface area contributed by atoms with Crippen LogP contribution < -0.4 is 0 Å². The lowest BCUT2D eigenvalue weighted by molar-refractivity contribution is -0.325. The highest BCUT2D eigenvalue weighted by atomic mass is 16.7. The number of ether oxygens (including phenoxy) is 4. The van der Waals surface area contributed by atoms with E-state index in [1.54, 1.807) is 19.1 Å². The van der Waals surface area contributed by atoms with Crippen molar-refractivity contribution in [1.82, 2.24) is 0 Å². The van der Waals surface area contributed by atoms with E-state index in [2.05, 4.69) is 0 Å². The van der Waals surface area contributed by atoms with Gasteiger partial charge in [-0.15, -0.1) is 0 Å². The number of hydrogen-bond acceptors (Lipinski definition) is 12. The first kappa shape index (κ1) is 29.8. The molecule has 3 rings (SSSR count). The van der Waals surface area contributed by atoms with E-state index in [1.807, 2.05) is 20.8 Å². The summed E-state index contributed by atoms with van der Waals surface area (Å²) < 4.78 is 22.4. The van der Waals surface area contributed by atoms with Gasteiger partial charge in [0.2, 0.25) is 0 Å². The molecular formula is C24H42O12. The lowest BCUT2D eigenvalue weighted by Gasteiger charge is -2.52. The van der Waals surface area contributed by atoms with Gasteiger partial charge in [0.15, 0.2) is 12.6 Å². The Morgan fingerprint density at radius 1 is 1.06 bits per heavy atom. The van der Waals surface area contributed by atoms with Crippen molar-refractivity contribution >= 4 is 0 Å². The topological polar surface area (TPSA) is 199 Å². The minimum atomic E-state index is -1.88. The van der Waals surface area contributed by atoms with Crippen molar-refractivity contribution in [1.29, 1.82) is 0 Å². The summed E-state index contributed by atoms with van der Waals surface area (Å²) in [6.07, 6.45) is -7.24. The first-order valence-electron chi connectivity index (χ1n) is 12.3. The quantitative estimate of drug-likeness (QED) is 0.160. The third kappa shape index (κ3) is 5.80. The molecule has 3 aliphatic rings. The number of hydrogen-bond donors (Lipinski definition) is 8. The van der Waals surface area contributed by atoms with Crippen LogP contribution in [0.2, 0.25) is 0 Å². The molecule has 0 aromatic carbocycles. The number of rotatable bonds is 8. The number of aliphatic hydroxyl groups is 8. The molecule has 0 spiro atoms. The third-order valence-corrected chi connectivity index (χ3v) is 7.82. The van der Waals surface area contributed by atoms with Crippen LogP contribution >= 0.6 is 0 Å². The van der Waals surface area contributed by atoms with Gasteiger partial charge in [-0.25, -0.2) is 0 Å². The van der Waals surface area contributed by atoms with Gasteiger partial charge in [0.1, 0.15) is 36.1 Å². The van der Waals surface area contributed by atoms with Gasteiger partial charge >= 0.3 is 0 Å². The second-order valence-electron chi connectivity index (χ2n) is 11.1. The fourth-order valence-corrected chi connectivity index (χ4v) is 5.32. The van der Waals surface area contributed by atoms with Crippen LogP contribution in [0.15, 0.2) is 12.2 Å². The Kier molecular flexibility index (Phi) is 9.25. The standard InChI is InChI=1S/C24H42O12/c1-12-7-14(8-22(3,4)24(12,32)6-5-13(2)26)35-20-18(29)17(28)16(27)15(36-20)9-33-21-19(30)23(31,10-25)11-34-21/h5-6,12-21,25-32H,7-11H2,1-4H3/t12-,13-,14+,15-,16-,17+,18-,19+,20-,21-,23-,24-/m1/s1. The predicted molar refractivity (Wildman–Crippen MR) is 123 cm³/mol. The van der Waals surface area contributed by atoms with Crippen LogP contribution in [0.25, 0.3) is 0 Å². The molecule has 8 N–H and O–H groups in total. The molecule has 36 heavy (non-hydrogen) atoms. The summed E-state index contributed by atoms with van der Waals surface area (Å²) >= 11 is 0. The summed E-state index contributed by atoms with van der Waals surface area (Å²) in [5.41, 5.74) is -3.75. The van der Waals surface area contributed by atoms with E-state index in [1.165, 1.54) is 0 Å². The van der Waals surface area contributed by atoms with Gasteiger partial charge in [-0.1, -0.05) is 32.9 Å². The van der Waals surface area contributed by atoms with Crippen molar-refractivity contribution in [2.45, 2.75) is 107 Å². The van der Waals surface area contributed by atoms with Crippen LogP contribution in [-0.4, -0.2) is 127 Å². The fourth-order valence-electron chi connectivity index (χ4n) is 5.32. The van der Waals surface area contributed by atoms with E-state index in [9.17, 15) is 40.9 Å². The van der Waals surface area contributed by atoms with E-state index < -0.39 is 78.5 Å². The molecule has 0 radical (unpaired) electrons. The second kappa shape index (κ2) is 11.2. The molecule has 0 aromatic rings. The molecule has 2 saturated heterocycles. The van der Waals surface area contributed by atoms with Crippen LogP contribution in [0, 0.1) is 11.3 Å². The summed E-state index contributed by atoms with van der Waals surface area (Å²) in [7, 11) is 0. The van der Waals surface area contributed by atoms with Crippen molar-refractivity contribution in [3.8, 4) is 0 Å². The Labute approximate surface area is 210 Å². The van der Waals surface area contributed by atoms with Crippen molar-refractivity contribution in [2.75, 3.05) is 19.8 Å². The van der Waals surface area contributed by atoms with Gasteiger partial charge in [0.05, 0.1) is 37.6 Å². The summed E-state index contributed by atoms with van der Waals surface area (Å²) in [5.74, 6) is -0.275. The first-order chi connectivity index (χ1) is 16.6. The highest BCUT2D eigenvalue weighted by molar-refractivity contribution is 5.15. The van der Waals surface area contributed by atoms with Crippen LogP contribution in [-0.2, 0) is 18.9 Å².